The van der Waals surface area contributed by atoms with Crippen molar-refractivity contribution < 1.29 is 14.7 Å². The van der Waals surface area contributed by atoms with Crippen LogP contribution in [0, 0.1) is 6.92 Å². The number of hydrogen-bond donors (Lipinski definition) is 1. The van der Waals surface area contributed by atoms with Crippen molar-refractivity contribution in [1.82, 2.24) is 4.90 Å². The molecule has 1 heterocycles. The molecule has 0 fully saturated rings. The van der Waals surface area contributed by atoms with Crippen LogP contribution in [0.3, 0.4) is 0 Å². The highest BCUT2D eigenvalue weighted by Gasteiger charge is 2.26. The number of nitrogens with zero attached hydrogens (tertiary/aromatic N) is 2. The predicted molar refractivity (Wildman–Crippen MR) is 137 cm³/mol. The second kappa shape index (κ2) is 11.7. The Morgan fingerprint density at radius 2 is 1.82 bits per heavy atom. The summed E-state index contributed by atoms with van der Waals surface area (Å²) < 4.78 is 5.86. The minimum Gasteiger partial charge on any atom is -0.491 e. The summed E-state index contributed by atoms with van der Waals surface area (Å²) in [6.45, 7) is 3.95. The summed E-state index contributed by atoms with van der Waals surface area (Å²) in [7, 11) is 0. The van der Waals surface area contributed by atoms with E-state index >= 15 is 0 Å². The molecular formula is C27H28Cl2N2O3. The lowest BCUT2D eigenvalue weighted by Gasteiger charge is -2.27. The van der Waals surface area contributed by atoms with Gasteiger partial charge in [0.1, 0.15) is 24.6 Å². The number of oxime groups is 1. The summed E-state index contributed by atoms with van der Waals surface area (Å²) in [5.74, 6) is 0.787. The fourth-order valence-electron chi connectivity index (χ4n) is 3.96. The van der Waals surface area contributed by atoms with E-state index in [9.17, 15) is 5.11 Å². The summed E-state index contributed by atoms with van der Waals surface area (Å²) >= 11 is 12.2. The number of benzene rings is 3. The summed E-state index contributed by atoms with van der Waals surface area (Å²) in [6.07, 6.45) is -0.128. The van der Waals surface area contributed by atoms with Gasteiger partial charge in [-0.05, 0) is 36.2 Å². The average molecular weight is 499 g/mol. The summed E-state index contributed by atoms with van der Waals surface area (Å²) in [5.41, 5.74) is 3.95. The van der Waals surface area contributed by atoms with Gasteiger partial charge >= 0.3 is 0 Å². The largest absolute Gasteiger partial charge is 0.491 e. The van der Waals surface area contributed by atoms with E-state index in [1.165, 1.54) is 0 Å². The SMILES string of the molecule is Cc1ccccc1OC[C@H](O)CN(Cc1ccccc1)C[C@@H]1CC(c2ccc(Cl)c(Cl)c2)=NO1. The Bertz CT molecular complexity index is 1120. The molecule has 0 bridgehead atoms. The van der Waals surface area contributed by atoms with Gasteiger partial charge in [-0.1, -0.05) is 83.0 Å². The maximum Gasteiger partial charge on any atom is 0.145 e. The Hall–Kier alpha value is -2.57. The molecule has 5 nitrogen and oxygen atoms in total. The first-order chi connectivity index (χ1) is 16.5. The van der Waals surface area contributed by atoms with E-state index in [1.807, 2.05) is 61.5 Å². The van der Waals surface area contributed by atoms with Crippen molar-refractivity contribution in [2.24, 2.45) is 5.16 Å². The Kier molecular flexibility index (Phi) is 8.46. The number of halogens is 2. The maximum atomic E-state index is 10.7. The van der Waals surface area contributed by atoms with Crippen LogP contribution in [-0.2, 0) is 11.4 Å². The topological polar surface area (TPSA) is 54.3 Å². The molecule has 3 aromatic rings. The standard InChI is InChI=1S/C27H28Cl2N2O3/c1-19-7-5-6-10-27(19)33-18-22(32)16-31(15-20-8-3-2-4-9-20)17-23-14-26(30-34-23)21-11-12-24(28)25(29)13-21/h2-13,22-23,32H,14-18H2,1H3/t22-,23+/m1/s1. The number of rotatable bonds is 10. The van der Waals surface area contributed by atoms with Crippen molar-refractivity contribution in [1.29, 1.82) is 0 Å². The Morgan fingerprint density at radius 1 is 1.06 bits per heavy atom. The average Bonchev–Trinajstić information content (AvgIpc) is 3.29. The highest BCUT2D eigenvalue weighted by Crippen LogP contribution is 2.26. The van der Waals surface area contributed by atoms with Crippen molar-refractivity contribution in [2.45, 2.75) is 32.1 Å². The molecule has 3 aromatic carbocycles. The van der Waals surface area contributed by atoms with Crippen LogP contribution in [0.15, 0.2) is 78.0 Å². The molecule has 0 amide bonds. The molecular weight excluding hydrogens is 471 g/mol. The lowest BCUT2D eigenvalue weighted by atomic mass is 10.0. The molecule has 0 aromatic heterocycles. The van der Waals surface area contributed by atoms with Crippen LogP contribution < -0.4 is 4.74 Å². The molecule has 34 heavy (non-hydrogen) atoms. The van der Waals surface area contributed by atoms with E-state index in [0.29, 0.717) is 36.1 Å². The molecule has 1 aliphatic rings. The molecule has 2 atom stereocenters. The van der Waals surface area contributed by atoms with E-state index in [0.717, 1.165) is 28.2 Å². The monoisotopic (exact) mass is 498 g/mol. The lowest BCUT2D eigenvalue weighted by Crippen LogP contribution is -2.39. The Balaban J connectivity index is 1.37. The van der Waals surface area contributed by atoms with Crippen molar-refractivity contribution in [3.05, 3.63) is 99.5 Å². The number of hydrogen-bond acceptors (Lipinski definition) is 5. The van der Waals surface area contributed by atoms with Gasteiger partial charge in [-0.25, -0.2) is 0 Å². The molecule has 1 N–H and O–H groups in total. The van der Waals surface area contributed by atoms with E-state index < -0.39 is 6.10 Å². The molecule has 0 radical (unpaired) electrons. The summed E-state index contributed by atoms with van der Waals surface area (Å²) in [5, 5.41) is 16.0. The smallest absolute Gasteiger partial charge is 0.145 e. The summed E-state index contributed by atoms with van der Waals surface area (Å²) in [4.78, 5) is 7.92. The van der Waals surface area contributed by atoms with Crippen molar-refractivity contribution in [3.63, 3.8) is 0 Å². The van der Waals surface area contributed by atoms with Gasteiger partial charge in [-0.15, -0.1) is 0 Å². The maximum absolute atomic E-state index is 10.7. The van der Waals surface area contributed by atoms with Crippen LogP contribution in [0.5, 0.6) is 5.75 Å². The first-order valence-corrected chi connectivity index (χ1v) is 12.0. The first-order valence-electron chi connectivity index (χ1n) is 11.3. The van der Waals surface area contributed by atoms with E-state index in [-0.39, 0.29) is 12.7 Å². The van der Waals surface area contributed by atoms with Crippen molar-refractivity contribution >= 4 is 28.9 Å². The highest BCUT2D eigenvalue weighted by molar-refractivity contribution is 6.42. The minimum atomic E-state index is -0.653. The number of aliphatic hydroxyl groups excluding tert-OH is 1. The molecule has 0 saturated carbocycles. The molecule has 0 aliphatic carbocycles. The second-order valence-corrected chi connectivity index (χ2v) is 9.32. The zero-order chi connectivity index (χ0) is 23.9. The minimum absolute atomic E-state index is 0.127. The van der Waals surface area contributed by atoms with E-state index in [1.54, 1.807) is 6.07 Å². The molecule has 7 heteroatoms. The third-order valence-corrected chi connectivity index (χ3v) is 6.43. The lowest BCUT2D eigenvalue weighted by molar-refractivity contribution is 0.0212. The Morgan fingerprint density at radius 3 is 2.59 bits per heavy atom. The quantitative estimate of drug-likeness (QED) is 0.387. The molecule has 0 spiro atoms. The normalized spacial score (nSPS) is 16.3. The Labute approximate surface area is 210 Å². The molecule has 178 valence electrons. The van der Waals surface area contributed by atoms with Crippen LogP contribution in [0.1, 0.15) is 23.1 Å². The molecule has 0 saturated heterocycles. The number of para-hydroxylation sites is 1. The van der Waals surface area contributed by atoms with Gasteiger partial charge in [-0.2, -0.15) is 0 Å². The van der Waals surface area contributed by atoms with Gasteiger partial charge < -0.3 is 14.7 Å². The fraction of sp³-hybridized carbons (Fsp3) is 0.296. The van der Waals surface area contributed by atoms with Gasteiger partial charge in [0, 0.05) is 31.6 Å². The fourth-order valence-corrected chi connectivity index (χ4v) is 4.26. The molecule has 4 rings (SSSR count). The van der Waals surface area contributed by atoms with Gasteiger partial charge in [0.2, 0.25) is 0 Å². The van der Waals surface area contributed by atoms with Gasteiger partial charge in [0.05, 0.1) is 15.8 Å². The van der Waals surface area contributed by atoms with E-state index in [2.05, 4.69) is 22.2 Å². The van der Waals surface area contributed by atoms with Crippen molar-refractivity contribution in [3.8, 4) is 5.75 Å². The number of aliphatic hydroxyl groups is 1. The first kappa shape index (κ1) is 24.6. The number of ether oxygens (including phenoxy) is 1. The van der Waals surface area contributed by atoms with Crippen LogP contribution in [0.2, 0.25) is 10.0 Å². The predicted octanol–water partition coefficient (Wildman–Crippen LogP) is 5.74. The van der Waals surface area contributed by atoms with Crippen molar-refractivity contribution in [2.75, 3.05) is 19.7 Å². The molecule has 0 unspecified atom stereocenters. The third kappa shape index (κ3) is 6.73. The third-order valence-electron chi connectivity index (χ3n) is 5.69. The zero-order valence-corrected chi connectivity index (χ0v) is 20.5. The van der Waals surface area contributed by atoms with Gasteiger partial charge in [-0.3, -0.25) is 4.90 Å². The number of aryl methyl sites for hydroxylation is 1. The molecule has 1 aliphatic heterocycles. The van der Waals surface area contributed by atoms with Crippen LogP contribution in [0.4, 0.5) is 0 Å². The van der Waals surface area contributed by atoms with E-state index in [4.69, 9.17) is 32.8 Å². The zero-order valence-electron chi connectivity index (χ0n) is 19.0. The van der Waals surface area contributed by atoms with Gasteiger partial charge in [0.25, 0.3) is 0 Å². The van der Waals surface area contributed by atoms with Crippen LogP contribution >= 0.6 is 23.2 Å². The van der Waals surface area contributed by atoms with Gasteiger partial charge in [0.15, 0.2) is 0 Å². The van der Waals surface area contributed by atoms with Crippen LogP contribution in [-0.4, -0.2) is 47.6 Å². The second-order valence-electron chi connectivity index (χ2n) is 8.51. The van der Waals surface area contributed by atoms with Crippen LogP contribution in [0.25, 0.3) is 0 Å². The summed E-state index contributed by atoms with van der Waals surface area (Å²) in [6, 6.07) is 23.5. The highest BCUT2D eigenvalue weighted by atomic mass is 35.5.